The summed E-state index contributed by atoms with van der Waals surface area (Å²) in [6, 6.07) is 0. The van der Waals surface area contributed by atoms with E-state index in [1.807, 2.05) is 0 Å². The third-order valence-corrected chi connectivity index (χ3v) is 4.57. The summed E-state index contributed by atoms with van der Waals surface area (Å²) in [4.78, 5) is 0. The molecule has 144 valence electrons. The summed E-state index contributed by atoms with van der Waals surface area (Å²) in [7, 11) is -3.55. The predicted molar refractivity (Wildman–Crippen MR) is 101 cm³/mol. The van der Waals surface area contributed by atoms with E-state index in [1.165, 1.54) is 57.8 Å². The number of unbranched alkanes of at least 4 members (excludes halogenated alkanes) is 11. The van der Waals surface area contributed by atoms with Crippen molar-refractivity contribution in [3.8, 4) is 0 Å². The van der Waals surface area contributed by atoms with E-state index in [2.05, 4.69) is 23.3 Å². The van der Waals surface area contributed by atoms with Gasteiger partial charge in [0.2, 0.25) is 0 Å². The second-order valence-corrected chi connectivity index (χ2v) is 8.23. The Hall–Kier alpha value is -0.390. The number of rotatable bonds is 17. The van der Waals surface area contributed by atoms with Gasteiger partial charge in [-0.15, -0.1) is 0 Å². The lowest BCUT2D eigenvalue weighted by atomic mass is 10.1. The Morgan fingerprint density at radius 1 is 0.833 bits per heavy atom. The maximum atomic E-state index is 10.8. The fourth-order valence-electron chi connectivity index (χ4n) is 2.64. The molecule has 0 spiro atoms. The highest BCUT2D eigenvalue weighted by atomic mass is 32.2. The van der Waals surface area contributed by atoms with Crippen LogP contribution in [0.2, 0.25) is 0 Å². The largest absolute Gasteiger partial charge is 0.367 e. The minimum atomic E-state index is -3.55. The zero-order valence-electron chi connectivity index (χ0n) is 15.7. The Balaban J connectivity index is 3.26. The van der Waals surface area contributed by atoms with E-state index in [9.17, 15) is 13.5 Å². The first-order valence-corrected chi connectivity index (χ1v) is 11.5. The number of allylic oxidation sites excluding steroid dienone is 2. The molecule has 1 atom stereocenters. The summed E-state index contributed by atoms with van der Waals surface area (Å²) < 4.78 is 26.1. The molecule has 0 aromatic rings. The first-order chi connectivity index (χ1) is 11.5. The second kappa shape index (κ2) is 16.1. The minimum absolute atomic E-state index is 0.380. The molecule has 24 heavy (non-hydrogen) atoms. The van der Waals surface area contributed by atoms with Gasteiger partial charge in [0.1, 0.15) is 0 Å². The molecule has 0 amide bonds. The van der Waals surface area contributed by atoms with Gasteiger partial charge in [-0.2, -0.15) is 8.42 Å². The quantitative estimate of drug-likeness (QED) is 0.165. The predicted octanol–water partition coefficient (Wildman–Crippen LogP) is 5.32. The van der Waals surface area contributed by atoms with Gasteiger partial charge >= 0.3 is 0 Å². The maximum absolute atomic E-state index is 10.8. The standard InChI is InChI=1S/C19H38O4S/c1-3-4-5-6-7-8-9-10-11-12-13-14-15-16-17-18-19(20)23-24(2,21)22/h10-11,19-20H,3-9,12-18H2,1-2H3/b11-10-. The fourth-order valence-corrected chi connectivity index (χ4v) is 3.14. The molecule has 0 rings (SSSR count). The van der Waals surface area contributed by atoms with Crippen LogP contribution in [0.25, 0.3) is 0 Å². The summed E-state index contributed by atoms with van der Waals surface area (Å²) in [6.45, 7) is 2.25. The molecule has 1 N–H and O–H groups in total. The van der Waals surface area contributed by atoms with Crippen LogP contribution in [0.4, 0.5) is 0 Å². The van der Waals surface area contributed by atoms with E-state index in [1.54, 1.807) is 0 Å². The van der Waals surface area contributed by atoms with Gasteiger partial charge in [0.25, 0.3) is 10.1 Å². The van der Waals surface area contributed by atoms with Crippen molar-refractivity contribution in [2.24, 2.45) is 0 Å². The molecule has 0 aliphatic heterocycles. The van der Waals surface area contributed by atoms with Gasteiger partial charge in [0, 0.05) is 0 Å². The fraction of sp³-hybridized carbons (Fsp3) is 0.895. The molecule has 0 bridgehead atoms. The molecule has 0 fully saturated rings. The Kier molecular flexibility index (Phi) is 15.8. The van der Waals surface area contributed by atoms with Crippen molar-refractivity contribution in [1.82, 2.24) is 0 Å². The lowest BCUT2D eigenvalue weighted by Gasteiger charge is -2.09. The molecule has 0 radical (unpaired) electrons. The van der Waals surface area contributed by atoms with Crippen molar-refractivity contribution in [1.29, 1.82) is 0 Å². The monoisotopic (exact) mass is 362 g/mol. The number of aliphatic hydroxyl groups excluding tert-OH is 1. The topological polar surface area (TPSA) is 63.6 Å². The Morgan fingerprint density at radius 3 is 1.79 bits per heavy atom. The van der Waals surface area contributed by atoms with Crippen molar-refractivity contribution >= 4 is 10.1 Å². The van der Waals surface area contributed by atoms with Gasteiger partial charge < -0.3 is 5.11 Å². The van der Waals surface area contributed by atoms with Crippen molar-refractivity contribution < 1.29 is 17.7 Å². The van der Waals surface area contributed by atoms with E-state index >= 15 is 0 Å². The number of hydrogen-bond acceptors (Lipinski definition) is 4. The van der Waals surface area contributed by atoms with Crippen LogP contribution in [0.5, 0.6) is 0 Å². The van der Waals surface area contributed by atoms with Gasteiger partial charge in [-0.1, -0.05) is 70.4 Å². The van der Waals surface area contributed by atoms with Crippen LogP contribution in [0.1, 0.15) is 96.8 Å². The Morgan fingerprint density at radius 2 is 1.29 bits per heavy atom. The van der Waals surface area contributed by atoms with E-state index < -0.39 is 16.4 Å². The zero-order valence-corrected chi connectivity index (χ0v) is 16.5. The highest BCUT2D eigenvalue weighted by molar-refractivity contribution is 7.86. The number of hydrogen-bond donors (Lipinski definition) is 1. The normalized spacial score (nSPS) is 13.6. The van der Waals surface area contributed by atoms with Crippen LogP contribution < -0.4 is 0 Å². The van der Waals surface area contributed by atoms with Crippen molar-refractivity contribution in [3.63, 3.8) is 0 Å². The SMILES string of the molecule is CCCCCCCC/C=C\CCCCCCCC(O)OS(C)(=O)=O. The molecule has 0 aromatic carbocycles. The van der Waals surface area contributed by atoms with Crippen molar-refractivity contribution in [3.05, 3.63) is 12.2 Å². The van der Waals surface area contributed by atoms with Crippen LogP contribution in [-0.2, 0) is 14.3 Å². The Labute approximate surface area is 149 Å². The van der Waals surface area contributed by atoms with E-state index in [4.69, 9.17) is 0 Å². The van der Waals surface area contributed by atoms with Crippen LogP contribution in [-0.4, -0.2) is 26.1 Å². The summed E-state index contributed by atoms with van der Waals surface area (Å²) in [6.07, 6.45) is 20.6. The third-order valence-electron chi connectivity index (χ3n) is 4.00. The minimum Gasteiger partial charge on any atom is -0.367 e. The first kappa shape index (κ1) is 23.6. The molecular formula is C19H38O4S. The summed E-state index contributed by atoms with van der Waals surface area (Å²) >= 11 is 0. The zero-order chi connectivity index (χ0) is 18.1. The van der Waals surface area contributed by atoms with Gasteiger partial charge in [-0.25, -0.2) is 4.18 Å². The third kappa shape index (κ3) is 19.7. The number of aliphatic hydroxyl groups is 1. The molecule has 5 heteroatoms. The van der Waals surface area contributed by atoms with Crippen LogP contribution >= 0.6 is 0 Å². The van der Waals surface area contributed by atoms with Crippen LogP contribution in [0.15, 0.2) is 12.2 Å². The van der Waals surface area contributed by atoms with Crippen LogP contribution in [0.3, 0.4) is 0 Å². The molecule has 0 heterocycles. The lowest BCUT2D eigenvalue weighted by Crippen LogP contribution is -2.16. The van der Waals surface area contributed by atoms with E-state index in [-0.39, 0.29) is 0 Å². The maximum Gasteiger partial charge on any atom is 0.266 e. The summed E-state index contributed by atoms with van der Waals surface area (Å²) in [5.74, 6) is 0. The van der Waals surface area contributed by atoms with Crippen LogP contribution in [0, 0.1) is 0 Å². The van der Waals surface area contributed by atoms with Crippen molar-refractivity contribution in [2.75, 3.05) is 6.26 Å². The highest BCUT2D eigenvalue weighted by Crippen LogP contribution is 2.11. The van der Waals surface area contributed by atoms with E-state index in [0.29, 0.717) is 6.42 Å². The first-order valence-electron chi connectivity index (χ1n) is 9.67. The van der Waals surface area contributed by atoms with E-state index in [0.717, 1.165) is 31.9 Å². The van der Waals surface area contributed by atoms with Crippen molar-refractivity contribution in [2.45, 2.75) is 103 Å². The molecule has 0 aliphatic carbocycles. The molecule has 0 aliphatic rings. The molecule has 0 saturated heterocycles. The molecule has 0 aromatic heterocycles. The average molecular weight is 363 g/mol. The van der Waals surface area contributed by atoms with Gasteiger partial charge in [-0.3, -0.25) is 0 Å². The van der Waals surface area contributed by atoms with Gasteiger partial charge in [-0.05, 0) is 38.5 Å². The smallest absolute Gasteiger partial charge is 0.266 e. The van der Waals surface area contributed by atoms with Gasteiger partial charge in [0.15, 0.2) is 6.29 Å². The highest BCUT2D eigenvalue weighted by Gasteiger charge is 2.10. The lowest BCUT2D eigenvalue weighted by molar-refractivity contribution is -0.0186. The second-order valence-electron chi connectivity index (χ2n) is 6.63. The molecule has 0 saturated carbocycles. The molecule has 4 nitrogen and oxygen atoms in total. The average Bonchev–Trinajstić information content (AvgIpc) is 2.49. The Bertz CT molecular complexity index is 390. The molecular weight excluding hydrogens is 324 g/mol. The summed E-state index contributed by atoms with van der Waals surface area (Å²) in [5, 5.41) is 9.38. The summed E-state index contributed by atoms with van der Waals surface area (Å²) in [5.41, 5.74) is 0. The molecule has 1 unspecified atom stereocenters. The van der Waals surface area contributed by atoms with Gasteiger partial charge in [0.05, 0.1) is 6.26 Å².